The average molecular weight is 390 g/mol. The molecule has 0 unspecified atom stereocenters. The summed E-state index contributed by atoms with van der Waals surface area (Å²) in [7, 11) is 0.108. The molecule has 0 spiro atoms. The molecule has 0 radical (unpaired) electrons. The molecular formula is C23H23N2O2P. The van der Waals surface area contributed by atoms with E-state index in [0.29, 0.717) is 6.61 Å². The second-order valence-corrected chi connectivity index (χ2v) is 7.75. The van der Waals surface area contributed by atoms with Gasteiger partial charge in [0.25, 0.3) is 0 Å². The van der Waals surface area contributed by atoms with Crippen LogP contribution >= 0.6 is 8.61 Å². The molecule has 0 N–H and O–H groups in total. The van der Waals surface area contributed by atoms with E-state index in [4.69, 9.17) is 4.74 Å². The first-order valence-electron chi connectivity index (χ1n) is 9.65. The van der Waals surface area contributed by atoms with Crippen LogP contribution in [-0.4, -0.2) is 22.8 Å². The van der Waals surface area contributed by atoms with Gasteiger partial charge in [-0.1, -0.05) is 42.5 Å². The first-order valence-corrected chi connectivity index (χ1v) is 10.4. The van der Waals surface area contributed by atoms with Gasteiger partial charge in [0.1, 0.15) is 5.75 Å². The second-order valence-electron chi connectivity index (χ2n) is 7.02. The number of hydrogen-bond donors (Lipinski definition) is 0. The molecule has 4 nitrogen and oxygen atoms in total. The minimum absolute atomic E-state index is 0.108. The lowest BCUT2D eigenvalue weighted by atomic mass is 10.0. The SMILES string of the molecule is O=PN1CCc2cc(OCCCc3ccc(-c4ccccc4)nc3)ccc2C1. The fourth-order valence-corrected chi connectivity index (χ4v) is 3.88. The molecule has 1 aliphatic rings. The number of aromatic nitrogens is 1. The maximum atomic E-state index is 11.0. The molecule has 2 aromatic carbocycles. The summed E-state index contributed by atoms with van der Waals surface area (Å²) in [4.78, 5) is 4.58. The maximum absolute atomic E-state index is 11.0. The van der Waals surface area contributed by atoms with Crippen LogP contribution in [0.25, 0.3) is 11.3 Å². The van der Waals surface area contributed by atoms with Crippen molar-refractivity contribution in [1.29, 1.82) is 0 Å². The van der Waals surface area contributed by atoms with Gasteiger partial charge in [-0.25, -0.2) is 4.67 Å². The van der Waals surface area contributed by atoms with Gasteiger partial charge >= 0.3 is 0 Å². The van der Waals surface area contributed by atoms with Gasteiger partial charge in [0.2, 0.25) is 8.61 Å². The van der Waals surface area contributed by atoms with Crippen molar-refractivity contribution in [1.82, 2.24) is 9.65 Å². The zero-order valence-electron chi connectivity index (χ0n) is 15.8. The molecule has 0 saturated carbocycles. The van der Waals surface area contributed by atoms with E-state index in [0.717, 1.165) is 49.4 Å². The van der Waals surface area contributed by atoms with Gasteiger partial charge < -0.3 is 4.74 Å². The molecule has 5 heteroatoms. The Balaban J connectivity index is 1.26. The molecule has 0 amide bonds. The standard InChI is InChI=1S/C23H23N2O2P/c26-28-25-13-12-20-15-22(10-9-21(20)17-25)27-14-4-5-18-8-11-23(24-16-18)19-6-2-1-3-7-19/h1-3,6-11,15-16H,4-5,12-14,17H2. The van der Waals surface area contributed by atoms with E-state index in [1.807, 2.05) is 35.1 Å². The van der Waals surface area contributed by atoms with Gasteiger partial charge in [-0.3, -0.25) is 9.55 Å². The summed E-state index contributed by atoms with van der Waals surface area (Å²) < 4.78 is 18.9. The predicted octanol–water partition coefficient (Wildman–Crippen LogP) is 5.33. The highest BCUT2D eigenvalue weighted by atomic mass is 31.1. The molecular weight excluding hydrogens is 367 g/mol. The van der Waals surface area contributed by atoms with Crippen molar-refractivity contribution in [2.24, 2.45) is 0 Å². The molecule has 0 fully saturated rings. The van der Waals surface area contributed by atoms with Gasteiger partial charge in [-0.05, 0) is 54.2 Å². The molecule has 28 heavy (non-hydrogen) atoms. The van der Waals surface area contributed by atoms with Crippen molar-refractivity contribution in [2.75, 3.05) is 13.2 Å². The van der Waals surface area contributed by atoms with Crippen molar-refractivity contribution in [2.45, 2.75) is 25.8 Å². The summed E-state index contributed by atoms with van der Waals surface area (Å²) in [6, 6.07) is 20.7. The lowest BCUT2D eigenvalue weighted by molar-refractivity contribution is 0.310. The van der Waals surface area contributed by atoms with Crippen LogP contribution in [0, 0.1) is 0 Å². The smallest absolute Gasteiger partial charge is 0.249 e. The molecule has 1 aromatic heterocycles. The number of pyridine rings is 1. The summed E-state index contributed by atoms with van der Waals surface area (Å²) in [5.41, 5.74) is 5.92. The highest BCUT2D eigenvalue weighted by molar-refractivity contribution is 7.20. The first kappa shape index (κ1) is 18.8. The Morgan fingerprint density at radius 1 is 1.04 bits per heavy atom. The van der Waals surface area contributed by atoms with Crippen LogP contribution in [0.3, 0.4) is 0 Å². The Bertz CT molecular complexity index is 929. The normalized spacial score (nSPS) is 14.0. The second kappa shape index (κ2) is 9.09. The number of aryl methyl sites for hydroxylation is 1. The maximum Gasteiger partial charge on any atom is 0.249 e. The van der Waals surface area contributed by atoms with Crippen LogP contribution in [-0.2, 0) is 24.0 Å². The van der Waals surface area contributed by atoms with E-state index < -0.39 is 0 Å². The first-order chi connectivity index (χ1) is 13.8. The van der Waals surface area contributed by atoms with E-state index in [2.05, 4.69) is 41.4 Å². The van der Waals surface area contributed by atoms with Gasteiger partial charge in [0.05, 0.1) is 12.3 Å². The molecule has 142 valence electrons. The molecule has 0 atom stereocenters. The molecule has 2 heterocycles. The number of nitrogens with zero attached hydrogens (tertiary/aromatic N) is 2. The van der Waals surface area contributed by atoms with Crippen molar-refractivity contribution in [3.8, 4) is 17.0 Å². The molecule has 0 saturated heterocycles. The minimum Gasteiger partial charge on any atom is -0.494 e. The molecule has 0 bridgehead atoms. The number of rotatable bonds is 7. The Hall–Kier alpha value is -2.55. The third-order valence-corrected chi connectivity index (χ3v) is 5.63. The van der Waals surface area contributed by atoms with Gasteiger partial charge in [0, 0.05) is 24.8 Å². The highest BCUT2D eigenvalue weighted by Crippen LogP contribution is 2.26. The van der Waals surface area contributed by atoms with E-state index >= 15 is 0 Å². The molecule has 3 aromatic rings. The van der Waals surface area contributed by atoms with Crippen molar-refractivity contribution in [3.63, 3.8) is 0 Å². The Kier molecular flexibility index (Phi) is 6.11. The predicted molar refractivity (Wildman–Crippen MR) is 112 cm³/mol. The zero-order valence-corrected chi connectivity index (χ0v) is 16.6. The Morgan fingerprint density at radius 2 is 1.93 bits per heavy atom. The fourth-order valence-electron chi connectivity index (χ4n) is 3.49. The summed E-state index contributed by atoms with van der Waals surface area (Å²) in [6.07, 6.45) is 4.78. The van der Waals surface area contributed by atoms with E-state index in [-0.39, 0.29) is 8.61 Å². The van der Waals surface area contributed by atoms with E-state index in [1.165, 1.54) is 16.7 Å². The van der Waals surface area contributed by atoms with Gasteiger partial charge in [-0.2, -0.15) is 0 Å². The van der Waals surface area contributed by atoms with Crippen LogP contribution in [0.5, 0.6) is 5.75 Å². The third-order valence-electron chi connectivity index (χ3n) is 5.06. The Labute approximate surface area is 167 Å². The number of benzene rings is 2. The summed E-state index contributed by atoms with van der Waals surface area (Å²) in [5.74, 6) is 0.921. The third kappa shape index (κ3) is 4.64. The van der Waals surface area contributed by atoms with Crippen LogP contribution in [0.1, 0.15) is 23.1 Å². The van der Waals surface area contributed by atoms with Crippen LogP contribution in [0.2, 0.25) is 0 Å². The molecule has 4 rings (SSSR count). The largest absolute Gasteiger partial charge is 0.494 e. The zero-order chi connectivity index (χ0) is 19.2. The van der Waals surface area contributed by atoms with Crippen molar-refractivity contribution < 1.29 is 9.30 Å². The molecule has 0 aliphatic carbocycles. The summed E-state index contributed by atoms with van der Waals surface area (Å²) in [5, 5.41) is 0. The number of ether oxygens (including phenoxy) is 1. The van der Waals surface area contributed by atoms with Gasteiger partial charge in [0.15, 0.2) is 0 Å². The lowest BCUT2D eigenvalue weighted by Crippen LogP contribution is -2.22. The minimum atomic E-state index is 0.108. The monoisotopic (exact) mass is 390 g/mol. The quantitative estimate of drug-likeness (QED) is 0.404. The average Bonchev–Trinajstić information content (AvgIpc) is 2.77. The summed E-state index contributed by atoms with van der Waals surface area (Å²) >= 11 is 0. The fraction of sp³-hybridized carbons (Fsp3) is 0.261. The van der Waals surface area contributed by atoms with E-state index in [9.17, 15) is 4.57 Å². The van der Waals surface area contributed by atoms with Crippen LogP contribution < -0.4 is 4.74 Å². The van der Waals surface area contributed by atoms with Crippen LogP contribution in [0.4, 0.5) is 0 Å². The van der Waals surface area contributed by atoms with E-state index in [1.54, 1.807) is 0 Å². The highest BCUT2D eigenvalue weighted by Gasteiger charge is 2.16. The number of fused-ring (bicyclic) bond motifs is 1. The van der Waals surface area contributed by atoms with Crippen molar-refractivity contribution >= 4 is 8.61 Å². The molecule has 1 aliphatic heterocycles. The van der Waals surface area contributed by atoms with Gasteiger partial charge in [-0.15, -0.1) is 0 Å². The topological polar surface area (TPSA) is 42.4 Å². The summed E-state index contributed by atoms with van der Waals surface area (Å²) in [6.45, 7) is 2.25. The Morgan fingerprint density at radius 3 is 2.71 bits per heavy atom. The lowest BCUT2D eigenvalue weighted by Gasteiger charge is -2.23. The van der Waals surface area contributed by atoms with Crippen molar-refractivity contribution in [3.05, 3.63) is 83.6 Å². The number of hydrogen-bond acceptors (Lipinski definition) is 3. The van der Waals surface area contributed by atoms with Crippen LogP contribution in [0.15, 0.2) is 66.9 Å².